The molecule has 2 N–H and O–H groups in total. The van der Waals surface area contributed by atoms with Crippen molar-refractivity contribution in [3.8, 4) is 5.75 Å². The van der Waals surface area contributed by atoms with E-state index >= 15 is 0 Å². The second-order valence-corrected chi connectivity index (χ2v) is 7.68. The van der Waals surface area contributed by atoms with Gasteiger partial charge >= 0.3 is 7.82 Å². The molecule has 20 heavy (non-hydrogen) atoms. The van der Waals surface area contributed by atoms with Crippen LogP contribution in [0.15, 0.2) is 12.1 Å². The van der Waals surface area contributed by atoms with Gasteiger partial charge in [-0.05, 0) is 48.8 Å². The molecule has 1 aromatic carbocycles. The van der Waals surface area contributed by atoms with Crippen LogP contribution in [0.25, 0.3) is 0 Å². The van der Waals surface area contributed by atoms with Crippen LogP contribution >= 0.6 is 7.82 Å². The van der Waals surface area contributed by atoms with Crippen LogP contribution in [0, 0.1) is 19.8 Å². The summed E-state index contributed by atoms with van der Waals surface area (Å²) in [7, 11) is -4.56. The van der Waals surface area contributed by atoms with Crippen LogP contribution in [0.4, 0.5) is 0 Å². The average molecular weight is 300 g/mol. The topological polar surface area (TPSA) is 66.8 Å². The Morgan fingerprint density at radius 2 is 1.80 bits per heavy atom. The van der Waals surface area contributed by atoms with Crippen LogP contribution in [0.2, 0.25) is 0 Å². The summed E-state index contributed by atoms with van der Waals surface area (Å²) in [6.45, 7) is 12.3. The molecule has 114 valence electrons. The van der Waals surface area contributed by atoms with Crippen molar-refractivity contribution in [2.24, 2.45) is 5.92 Å². The van der Waals surface area contributed by atoms with E-state index in [1.54, 1.807) is 6.07 Å². The Labute approximate surface area is 121 Å². The van der Waals surface area contributed by atoms with E-state index in [4.69, 9.17) is 14.3 Å². The molecule has 0 aromatic heterocycles. The highest BCUT2D eigenvalue weighted by Crippen LogP contribution is 2.45. The predicted octanol–water partition coefficient (Wildman–Crippen LogP) is 4.10. The number of hydrogen-bond donors (Lipinski definition) is 2. The van der Waals surface area contributed by atoms with Crippen LogP contribution in [-0.4, -0.2) is 9.79 Å². The summed E-state index contributed by atoms with van der Waals surface area (Å²) in [5.74, 6) is 0.773. The lowest BCUT2D eigenvalue weighted by atomic mass is 9.75. The van der Waals surface area contributed by atoms with Gasteiger partial charge in [-0.25, -0.2) is 4.57 Å². The van der Waals surface area contributed by atoms with Crippen molar-refractivity contribution in [2.45, 2.75) is 53.4 Å². The number of hydrogen-bond acceptors (Lipinski definition) is 2. The molecule has 0 unspecified atom stereocenters. The van der Waals surface area contributed by atoms with Gasteiger partial charge < -0.3 is 4.52 Å². The summed E-state index contributed by atoms with van der Waals surface area (Å²) in [5, 5.41) is 0. The molecule has 1 rings (SSSR count). The fourth-order valence-corrected chi connectivity index (χ4v) is 3.52. The van der Waals surface area contributed by atoms with Gasteiger partial charge in [-0.15, -0.1) is 0 Å². The third-order valence-electron chi connectivity index (χ3n) is 3.26. The lowest BCUT2D eigenvalue weighted by molar-refractivity contribution is 0.278. The van der Waals surface area contributed by atoms with E-state index in [0.29, 0.717) is 11.7 Å². The van der Waals surface area contributed by atoms with Gasteiger partial charge in [0.15, 0.2) is 0 Å². The Kier molecular flexibility index (Phi) is 5.07. The van der Waals surface area contributed by atoms with Gasteiger partial charge in [0.05, 0.1) is 0 Å². The molecule has 0 fully saturated rings. The van der Waals surface area contributed by atoms with Gasteiger partial charge in [0.2, 0.25) is 0 Å². The van der Waals surface area contributed by atoms with Gasteiger partial charge in [0.1, 0.15) is 5.75 Å². The highest BCUT2D eigenvalue weighted by atomic mass is 31.2. The summed E-state index contributed by atoms with van der Waals surface area (Å²) in [4.78, 5) is 18.2. The van der Waals surface area contributed by atoms with E-state index in [1.807, 2.05) is 19.9 Å². The standard InChI is InChI=1S/C15H25O4P/c1-10(2)9-15(5,6)14-12(4)7-11(3)8-13(14)19-20(16,17)18/h7-8,10H,9H2,1-6H3,(H2,16,17,18). The molecular formula is C15H25O4P. The van der Waals surface area contributed by atoms with Crippen molar-refractivity contribution in [2.75, 3.05) is 0 Å². The fraction of sp³-hybridized carbons (Fsp3) is 0.600. The van der Waals surface area contributed by atoms with E-state index < -0.39 is 7.82 Å². The van der Waals surface area contributed by atoms with Crippen molar-refractivity contribution in [3.05, 3.63) is 28.8 Å². The molecule has 0 bridgehead atoms. The normalized spacial score (nSPS) is 12.8. The van der Waals surface area contributed by atoms with Gasteiger partial charge in [-0.2, -0.15) is 0 Å². The predicted molar refractivity (Wildman–Crippen MR) is 81.1 cm³/mol. The smallest absolute Gasteiger partial charge is 0.404 e. The molecule has 5 heteroatoms. The molecule has 0 radical (unpaired) electrons. The van der Waals surface area contributed by atoms with E-state index in [1.165, 1.54) is 0 Å². The summed E-state index contributed by atoms with van der Waals surface area (Å²) in [6, 6.07) is 3.72. The molecular weight excluding hydrogens is 275 g/mol. The maximum atomic E-state index is 11.2. The average Bonchev–Trinajstić information content (AvgIpc) is 2.08. The van der Waals surface area contributed by atoms with Gasteiger partial charge in [-0.1, -0.05) is 33.8 Å². The zero-order chi connectivity index (χ0) is 15.7. The first kappa shape index (κ1) is 17.2. The highest BCUT2D eigenvalue weighted by Gasteiger charge is 2.30. The third-order valence-corrected chi connectivity index (χ3v) is 3.69. The quantitative estimate of drug-likeness (QED) is 0.803. The number of rotatable bonds is 5. The Hall–Kier alpha value is -0.830. The Balaban J connectivity index is 3.40. The zero-order valence-corrected chi connectivity index (χ0v) is 14.0. The van der Waals surface area contributed by atoms with Crippen molar-refractivity contribution >= 4 is 7.82 Å². The van der Waals surface area contributed by atoms with Crippen LogP contribution in [0.1, 0.15) is 50.8 Å². The maximum Gasteiger partial charge on any atom is 0.524 e. The van der Waals surface area contributed by atoms with E-state index in [9.17, 15) is 4.57 Å². The summed E-state index contributed by atoms with van der Waals surface area (Å²) in [5.41, 5.74) is 2.59. The van der Waals surface area contributed by atoms with Crippen LogP contribution in [0.3, 0.4) is 0 Å². The zero-order valence-electron chi connectivity index (χ0n) is 13.1. The van der Waals surface area contributed by atoms with Crippen molar-refractivity contribution in [3.63, 3.8) is 0 Å². The molecule has 0 heterocycles. The molecule has 4 nitrogen and oxygen atoms in total. The minimum absolute atomic E-state index is 0.212. The van der Waals surface area contributed by atoms with E-state index in [2.05, 4.69) is 27.7 Å². The van der Waals surface area contributed by atoms with Gasteiger partial charge in [0.25, 0.3) is 0 Å². The molecule has 0 aliphatic carbocycles. The minimum Gasteiger partial charge on any atom is -0.404 e. The summed E-state index contributed by atoms with van der Waals surface area (Å²) >= 11 is 0. The first-order valence-electron chi connectivity index (χ1n) is 6.79. The summed E-state index contributed by atoms with van der Waals surface area (Å²) < 4.78 is 16.1. The SMILES string of the molecule is Cc1cc(C)c(C(C)(C)CC(C)C)c(OP(=O)(O)O)c1. The van der Waals surface area contributed by atoms with E-state index in [0.717, 1.165) is 23.1 Å². The van der Waals surface area contributed by atoms with Gasteiger partial charge in [-0.3, -0.25) is 9.79 Å². The summed E-state index contributed by atoms with van der Waals surface area (Å²) in [6.07, 6.45) is 0.911. The molecule has 0 atom stereocenters. The molecule has 0 aliphatic heterocycles. The molecule has 0 saturated heterocycles. The Morgan fingerprint density at radius 3 is 2.25 bits per heavy atom. The lowest BCUT2D eigenvalue weighted by Crippen LogP contribution is -2.22. The fourth-order valence-electron chi connectivity index (χ4n) is 3.12. The molecule has 0 spiro atoms. The van der Waals surface area contributed by atoms with Crippen molar-refractivity contribution in [1.29, 1.82) is 0 Å². The minimum atomic E-state index is -4.56. The Bertz CT molecular complexity index is 529. The van der Waals surface area contributed by atoms with Crippen LogP contribution < -0.4 is 4.52 Å². The molecule has 0 aliphatic rings. The molecule has 0 saturated carbocycles. The molecule has 1 aromatic rings. The monoisotopic (exact) mass is 300 g/mol. The van der Waals surface area contributed by atoms with Crippen molar-refractivity contribution < 1.29 is 18.9 Å². The van der Waals surface area contributed by atoms with Crippen LogP contribution in [0.5, 0.6) is 5.75 Å². The number of phosphoric acid groups is 1. The third kappa shape index (κ3) is 4.62. The van der Waals surface area contributed by atoms with Crippen molar-refractivity contribution in [1.82, 2.24) is 0 Å². The van der Waals surface area contributed by atoms with Crippen LogP contribution in [-0.2, 0) is 9.98 Å². The lowest BCUT2D eigenvalue weighted by Gasteiger charge is -2.31. The maximum absolute atomic E-state index is 11.2. The first-order valence-corrected chi connectivity index (χ1v) is 8.32. The number of phosphoric ester groups is 1. The van der Waals surface area contributed by atoms with Gasteiger partial charge in [0, 0.05) is 5.56 Å². The second kappa shape index (κ2) is 5.88. The first-order chi connectivity index (χ1) is 8.92. The second-order valence-electron chi connectivity index (χ2n) is 6.52. The number of aryl methyl sites for hydroxylation is 2. The highest BCUT2D eigenvalue weighted by molar-refractivity contribution is 7.46. The van der Waals surface area contributed by atoms with E-state index in [-0.39, 0.29) is 5.41 Å². The molecule has 0 amide bonds. The largest absolute Gasteiger partial charge is 0.524 e. The Morgan fingerprint density at radius 1 is 1.25 bits per heavy atom. The number of benzene rings is 1.